The number of benzene rings is 3. The highest BCUT2D eigenvalue weighted by Gasteiger charge is 2.17. The van der Waals surface area contributed by atoms with E-state index >= 15 is 0 Å². The maximum Gasteiger partial charge on any atom is 0.261 e. The molecule has 0 heterocycles. The van der Waals surface area contributed by atoms with Crippen LogP contribution in [0.3, 0.4) is 0 Å². The van der Waals surface area contributed by atoms with Gasteiger partial charge in [0.2, 0.25) is 0 Å². The molecule has 156 valence electrons. The summed E-state index contributed by atoms with van der Waals surface area (Å²) in [5.41, 5.74) is 1.35. The van der Waals surface area contributed by atoms with Crippen LogP contribution in [0.5, 0.6) is 11.5 Å². The Morgan fingerprint density at radius 3 is 2.13 bits per heavy atom. The molecule has 3 rings (SSSR count). The SMILES string of the molecule is COc1cccc(OC)c1CNC(=O)c1cccc(S(=O)(=O)Nc2ccccc2)c1. The van der Waals surface area contributed by atoms with Crippen molar-refractivity contribution >= 4 is 21.6 Å². The van der Waals surface area contributed by atoms with Crippen LogP contribution in [0.1, 0.15) is 15.9 Å². The molecule has 0 radical (unpaired) electrons. The van der Waals surface area contributed by atoms with Gasteiger partial charge in [-0.25, -0.2) is 8.42 Å². The van der Waals surface area contributed by atoms with Crippen molar-refractivity contribution < 1.29 is 22.7 Å². The molecule has 0 bridgehead atoms. The van der Waals surface area contributed by atoms with Crippen molar-refractivity contribution in [1.29, 1.82) is 0 Å². The summed E-state index contributed by atoms with van der Waals surface area (Å²) in [6.45, 7) is 0.158. The van der Waals surface area contributed by atoms with Gasteiger partial charge in [-0.1, -0.05) is 30.3 Å². The van der Waals surface area contributed by atoms with Gasteiger partial charge in [-0.05, 0) is 42.5 Å². The second kappa shape index (κ2) is 9.32. The highest BCUT2D eigenvalue weighted by atomic mass is 32.2. The molecule has 0 saturated heterocycles. The predicted octanol–water partition coefficient (Wildman–Crippen LogP) is 3.43. The molecule has 0 aliphatic rings. The average molecular weight is 426 g/mol. The Balaban J connectivity index is 1.77. The fourth-order valence-corrected chi connectivity index (χ4v) is 4.00. The van der Waals surface area contributed by atoms with Crippen LogP contribution >= 0.6 is 0 Å². The molecule has 0 unspecified atom stereocenters. The summed E-state index contributed by atoms with van der Waals surface area (Å²) in [5.74, 6) is 0.746. The third kappa shape index (κ3) is 4.90. The van der Waals surface area contributed by atoms with Crippen molar-refractivity contribution in [2.75, 3.05) is 18.9 Å². The molecule has 1 amide bonds. The molecule has 0 saturated carbocycles. The first-order chi connectivity index (χ1) is 14.4. The minimum absolute atomic E-state index is 0.00567. The number of nitrogens with one attached hydrogen (secondary N) is 2. The molecule has 0 aliphatic heterocycles. The topological polar surface area (TPSA) is 93.7 Å². The first-order valence-electron chi connectivity index (χ1n) is 9.10. The van der Waals surface area contributed by atoms with Gasteiger partial charge < -0.3 is 14.8 Å². The van der Waals surface area contributed by atoms with Gasteiger partial charge in [-0.15, -0.1) is 0 Å². The van der Waals surface area contributed by atoms with Gasteiger partial charge in [0.25, 0.3) is 15.9 Å². The van der Waals surface area contributed by atoms with E-state index in [1.807, 2.05) is 0 Å². The Morgan fingerprint density at radius 1 is 0.867 bits per heavy atom. The van der Waals surface area contributed by atoms with Crippen LogP contribution in [0.15, 0.2) is 77.7 Å². The number of methoxy groups -OCH3 is 2. The van der Waals surface area contributed by atoms with Crippen molar-refractivity contribution in [3.05, 3.63) is 83.9 Å². The van der Waals surface area contributed by atoms with E-state index in [4.69, 9.17) is 9.47 Å². The lowest BCUT2D eigenvalue weighted by atomic mass is 10.1. The number of hydrogen-bond donors (Lipinski definition) is 2. The van der Waals surface area contributed by atoms with E-state index in [-0.39, 0.29) is 17.0 Å². The van der Waals surface area contributed by atoms with Gasteiger partial charge in [-0.3, -0.25) is 9.52 Å². The van der Waals surface area contributed by atoms with E-state index in [0.717, 1.165) is 0 Å². The highest BCUT2D eigenvalue weighted by Crippen LogP contribution is 2.28. The first-order valence-corrected chi connectivity index (χ1v) is 10.6. The smallest absolute Gasteiger partial charge is 0.261 e. The van der Waals surface area contributed by atoms with Gasteiger partial charge in [-0.2, -0.15) is 0 Å². The fourth-order valence-electron chi connectivity index (χ4n) is 2.90. The van der Waals surface area contributed by atoms with Crippen LogP contribution in [0.4, 0.5) is 5.69 Å². The van der Waals surface area contributed by atoms with E-state index in [1.54, 1.807) is 54.6 Å². The maximum atomic E-state index is 12.6. The Morgan fingerprint density at radius 2 is 1.50 bits per heavy atom. The number of para-hydroxylation sites is 1. The number of sulfonamides is 1. The zero-order valence-corrected chi connectivity index (χ0v) is 17.4. The van der Waals surface area contributed by atoms with Crippen molar-refractivity contribution in [1.82, 2.24) is 5.32 Å². The standard InChI is InChI=1S/C22H22N2O5S/c1-28-20-12-7-13-21(29-2)19(20)15-23-22(25)16-8-6-11-18(14-16)30(26,27)24-17-9-4-3-5-10-17/h3-14,24H,15H2,1-2H3,(H,23,25). The van der Waals surface area contributed by atoms with Crippen molar-refractivity contribution in [2.45, 2.75) is 11.4 Å². The number of anilines is 1. The number of carbonyl (C=O) groups is 1. The summed E-state index contributed by atoms with van der Waals surface area (Å²) in [5, 5.41) is 2.78. The molecule has 0 atom stereocenters. The Hall–Kier alpha value is -3.52. The summed E-state index contributed by atoms with van der Waals surface area (Å²) < 4.78 is 38.4. The van der Waals surface area contributed by atoms with Crippen molar-refractivity contribution in [3.8, 4) is 11.5 Å². The third-order valence-corrected chi connectivity index (χ3v) is 5.77. The summed E-state index contributed by atoms with van der Waals surface area (Å²) in [7, 11) is -0.756. The zero-order valence-electron chi connectivity index (χ0n) is 16.6. The van der Waals surface area contributed by atoms with Gasteiger partial charge in [0.05, 0.1) is 31.2 Å². The van der Waals surface area contributed by atoms with E-state index in [0.29, 0.717) is 22.7 Å². The quantitative estimate of drug-likeness (QED) is 0.576. The molecule has 2 N–H and O–H groups in total. The van der Waals surface area contributed by atoms with Crippen LogP contribution in [0, 0.1) is 0 Å². The average Bonchev–Trinajstić information content (AvgIpc) is 2.77. The number of hydrogen-bond acceptors (Lipinski definition) is 5. The van der Waals surface area contributed by atoms with E-state index < -0.39 is 15.9 Å². The second-order valence-corrected chi connectivity index (χ2v) is 8.01. The molecule has 3 aromatic carbocycles. The molecule has 7 nitrogen and oxygen atoms in total. The number of amides is 1. The van der Waals surface area contributed by atoms with Crippen molar-refractivity contribution in [3.63, 3.8) is 0 Å². The van der Waals surface area contributed by atoms with Gasteiger partial charge in [0.15, 0.2) is 0 Å². The molecular formula is C22H22N2O5S. The van der Waals surface area contributed by atoms with E-state index in [1.165, 1.54) is 32.4 Å². The van der Waals surface area contributed by atoms with Gasteiger partial charge in [0.1, 0.15) is 11.5 Å². The Labute approximate surface area is 175 Å². The van der Waals surface area contributed by atoms with Crippen molar-refractivity contribution in [2.24, 2.45) is 0 Å². The normalized spacial score (nSPS) is 10.9. The molecule has 8 heteroatoms. The maximum absolute atomic E-state index is 12.6. The Bertz CT molecular complexity index is 1110. The summed E-state index contributed by atoms with van der Waals surface area (Å²) >= 11 is 0. The monoisotopic (exact) mass is 426 g/mol. The predicted molar refractivity (Wildman–Crippen MR) is 114 cm³/mol. The summed E-state index contributed by atoms with van der Waals surface area (Å²) in [6.07, 6.45) is 0. The lowest BCUT2D eigenvalue weighted by molar-refractivity contribution is 0.0950. The van der Waals surface area contributed by atoms with Crippen LogP contribution in [0.2, 0.25) is 0 Å². The molecule has 3 aromatic rings. The molecule has 30 heavy (non-hydrogen) atoms. The zero-order chi connectivity index (χ0) is 21.6. The molecular weight excluding hydrogens is 404 g/mol. The lowest BCUT2D eigenvalue weighted by Crippen LogP contribution is -2.24. The Kier molecular flexibility index (Phi) is 6.58. The largest absolute Gasteiger partial charge is 0.496 e. The number of ether oxygens (including phenoxy) is 2. The number of carbonyl (C=O) groups excluding carboxylic acids is 1. The summed E-state index contributed by atoms with van der Waals surface area (Å²) in [6, 6.07) is 19.7. The van der Waals surface area contributed by atoms with Gasteiger partial charge in [0, 0.05) is 11.3 Å². The highest BCUT2D eigenvalue weighted by molar-refractivity contribution is 7.92. The van der Waals surface area contributed by atoms with Gasteiger partial charge >= 0.3 is 0 Å². The minimum Gasteiger partial charge on any atom is -0.496 e. The lowest BCUT2D eigenvalue weighted by Gasteiger charge is -2.14. The summed E-state index contributed by atoms with van der Waals surface area (Å²) in [4.78, 5) is 12.6. The molecule has 0 fully saturated rings. The molecule has 0 spiro atoms. The second-order valence-electron chi connectivity index (χ2n) is 6.32. The van der Waals surface area contributed by atoms with Crippen LogP contribution in [0.25, 0.3) is 0 Å². The third-order valence-electron chi connectivity index (χ3n) is 4.39. The van der Waals surface area contributed by atoms with Crippen LogP contribution in [-0.4, -0.2) is 28.5 Å². The van der Waals surface area contributed by atoms with E-state index in [2.05, 4.69) is 10.0 Å². The number of rotatable bonds is 8. The minimum atomic E-state index is -3.83. The first kappa shape index (κ1) is 21.2. The fraction of sp³-hybridized carbons (Fsp3) is 0.136. The molecule has 0 aromatic heterocycles. The van der Waals surface area contributed by atoms with E-state index in [9.17, 15) is 13.2 Å². The van der Waals surface area contributed by atoms with Crippen LogP contribution < -0.4 is 19.5 Å². The molecule has 0 aliphatic carbocycles. The van der Waals surface area contributed by atoms with Crippen LogP contribution in [-0.2, 0) is 16.6 Å².